The van der Waals surface area contributed by atoms with Crippen LogP contribution >= 0.6 is 0 Å². The molecule has 0 amide bonds. The van der Waals surface area contributed by atoms with Crippen LogP contribution in [0.2, 0.25) is 0 Å². The third kappa shape index (κ3) is 3.86. The van der Waals surface area contributed by atoms with E-state index in [1.807, 2.05) is 4.72 Å². The molecule has 0 heterocycles. The van der Waals surface area contributed by atoms with E-state index in [9.17, 15) is 23.3 Å². The number of nitrogens with zero attached hydrogens (tertiary/aromatic N) is 1. The monoisotopic (exact) mass is 314 g/mol. The standard InChI is InChI=1S/C12H14N2O6S/c1-3-5-9(12(15)16)13-21(19,20)11-8(2)6-4-7-10(11)14(17)18/h3-4,6-7,9,13H,1,5H2,2H3,(H,15,16). The third-order valence-corrected chi connectivity index (χ3v) is 4.32. The molecule has 0 saturated heterocycles. The highest BCUT2D eigenvalue weighted by atomic mass is 32.2. The van der Waals surface area contributed by atoms with E-state index in [0.717, 1.165) is 6.07 Å². The van der Waals surface area contributed by atoms with Crippen LogP contribution in [0, 0.1) is 17.0 Å². The van der Waals surface area contributed by atoms with Gasteiger partial charge in [0.15, 0.2) is 4.90 Å². The quantitative estimate of drug-likeness (QED) is 0.442. The van der Waals surface area contributed by atoms with Crippen LogP contribution in [-0.4, -0.2) is 30.5 Å². The Morgan fingerprint density at radius 1 is 1.57 bits per heavy atom. The largest absolute Gasteiger partial charge is 0.480 e. The molecular weight excluding hydrogens is 300 g/mol. The maximum Gasteiger partial charge on any atom is 0.322 e. The molecule has 0 fully saturated rings. The van der Waals surface area contributed by atoms with Gasteiger partial charge >= 0.3 is 5.97 Å². The van der Waals surface area contributed by atoms with Crippen molar-refractivity contribution in [3.05, 3.63) is 46.5 Å². The Morgan fingerprint density at radius 2 is 2.19 bits per heavy atom. The average molecular weight is 314 g/mol. The predicted molar refractivity (Wildman–Crippen MR) is 74.4 cm³/mol. The SMILES string of the molecule is C=CCC(NS(=O)(=O)c1c(C)cccc1[N+](=O)[O-])C(=O)O. The maximum atomic E-state index is 12.3. The van der Waals surface area contributed by atoms with Crippen molar-refractivity contribution < 1.29 is 23.2 Å². The van der Waals surface area contributed by atoms with Crippen molar-refractivity contribution in [3.63, 3.8) is 0 Å². The van der Waals surface area contributed by atoms with Gasteiger partial charge in [-0.2, -0.15) is 4.72 Å². The van der Waals surface area contributed by atoms with Gasteiger partial charge < -0.3 is 5.11 Å². The highest BCUT2D eigenvalue weighted by Gasteiger charge is 2.31. The van der Waals surface area contributed by atoms with E-state index in [1.165, 1.54) is 25.1 Å². The summed E-state index contributed by atoms with van der Waals surface area (Å²) in [4.78, 5) is 20.6. The lowest BCUT2D eigenvalue weighted by atomic mass is 10.2. The molecule has 0 aliphatic carbocycles. The number of carboxylic acids is 1. The van der Waals surface area contributed by atoms with E-state index in [-0.39, 0.29) is 12.0 Å². The van der Waals surface area contributed by atoms with E-state index < -0.39 is 37.5 Å². The van der Waals surface area contributed by atoms with Crippen molar-refractivity contribution in [3.8, 4) is 0 Å². The fourth-order valence-electron chi connectivity index (χ4n) is 1.74. The summed E-state index contributed by atoms with van der Waals surface area (Å²) in [5, 5.41) is 19.9. The molecule has 1 unspecified atom stereocenters. The fourth-order valence-corrected chi connectivity index (χ4v) is 3.34. The lowest BCUT2D eigenvalue weighted by Crippen LogP contribution is -2.40. The molecule has 0 aliphatic rings. The molecule has 0 bridgehead atoms. The number of rotatable bonds is 7. The number of carbonyl (C=O) groups is 1. The molecule has 1 atom stereocenters. The number of nitro groups is 1. The normalized spacial score (nSPS) is 12.6. The van der Waals surface area contributed by atoms with Crippen LogP contribution in [0.4, 0.5) is 5.69 Å². The minimum Gasteiger partial charge on any atom is -0.480 e. The second-order valence-electron chi connectivity index (χ2n) is 4.22. The zero-order valence-corrected chi connectivity index (χ0v) is 12.0. The van der Waals surface area contributed by atoms with E-state index in [2.05, 4.69) is 6.58 Å². The van der Waals surface area contributed by atoms with Crippen molar-refractivity contribution >= 4 is 21.7 Å². The first kappa shape index (κ1) is 16.8. The molecule has 0 spiro atoms. The molecule has 2 N–H and O–H groups in total. The number of sulfonamides is 1. The molecule has 0 radical (unpaired) electrons. The Balaban J connectivity index is 3.34. The summed E-state index contributed by atoms with van der Waals surface area (Å²) in [5.41, 5.74) is -0.454. The highest BCUT2D eigenvalue weighted by Crippen LogP contribution is 2.27. The van der Waals surface area contributed by atoms with Gasteiger partial charge in [-0.1, -0.05) is 18.2 Å². The summed E-state index contributed by atoms with van der Waals surface area (Å²) in [6.07, 6.45) is 1.10. The van der Waals surface area contributed by atoms with Crippen LogP contribution < -0.4 is 4.72 Å². The lowest BCUT2D eigenvalue weighted by Gasteiger charge is -2.14. The molecule has 0 aliphatic heterocycles. The van der Waals surface area contributed by atoms with Gasteiger partial charge in [0.25, 0.3) is 5.69 Å². The van der Waals surface area contributed by atoms with Gasteiger partial charge in [0.2, 0.25) is 10.0 Å². The number of nitrogens with one attached hydrogen (secondary N) is 1. The van der Waals surface area contributed by atoms with Crippen molar-refractivity contribution in [2.45, 2.75) is 24.3 Å². The number of nitro benzene ring substituents is 1. The second-order valence-corrected chi connectivity index (χ2v) is 5.87. The zero-order chi connectivity index (χ0) is 16.2. The van der Waals surface area contributed by atoms with Gasteiger partial charge in [-0.15, -0.1) is 6.58 Å². The van der Waals surface area contributed by atoms with E-state index >= 15 is 0 Å². The Morgan fingerprint density at radius 3 is 2.67 bits per heavy atom. The first-order valence-electron chi connectivity index (χ1n) is 5.80. The van der Waals surface area contributed by atoms with Gasteiger partial charge in [0.05, 0.1) is 4.92 Å². The first-order valence-corrected chi connectivity index (χ1v) is 7.29. The first-order chi connectivity index (χ1) is 9.70. The van der Waals surface area contributed by atoms with Gasteiger partial charge in [-0.05, 0) is 18.9 Å². The van der Waals surface area contributed by atoms with Gasteiger partial charge in [-0.25, -0.2) is 8.42 Å². The second kappa shape index (κ2) is 6.46. The molecule has 1 rings (SSSR count). The fraction of sp³-hybridized carbons (Fsp3) is 0.250. The molecule has 1 aromatic carbocycles. The number of hydrogen-bond acceptors (Lipinski definition) is 5. The van der Waals surface area contributed by atoms with Gasteiger partial charge in [0.1, 0.15) is 6.04 Å². The predicted octanol–water partition coefficient (Wildman–Crippen LogP) is 1.21. The smallest absolute Gasteiger partial charge is 0.322 e. The van der Waals surface area contributed by atoms with Gasteiger partial charge in [0, 0.05) is 6.07 Å². The summed E-state index contributed by atoms with van der Waals surface area (Å²) in [5.74, 6) is -1.39. The van der Waals surface area contributed by atoms with Crippen molar-refractivity contribution in [2.24, 2.45) is 0 Å². The number of carboxylic acid groups (broad SMARTS) is 1. The third-order valence-electron chi connectivity index (χ3n) is 2.65. The Hall–Kier alpha value is -2.26. The maximum absolute atomic E-state index is 12.3. The number of benzene rings is 1. The summed E-state index contributed by atoms with van der Waals surface area (Å²) in [6.45, 7) is 4.74. The molecular formula is C12H14N2O6S. The van der Waals surface area contributed by atoms with Crippen molar-refractivity contribution in [1.29, 1.82) is 0 Å². The molecule has 0 aromatic heterocycles. The minimum atomic E-state index is -4.35. The Labute approximate surface area is 121 Å². The number of hydrogen-bond donors (Lipinski definition) is 2. The molecule has 21 heavy (non-hydrogen) atoms. The van der Waals surface area contributed by atoms with Crippen molar-refractivity contribution in [2.75, 3.05) is 0 Å². The van der Waals surface area contributed by atoms with E-state index in [4.69, 9.17) is 5.11 Å². The number of aliphatic carboxylic acids is 1. The van der Waals surface area contributed by atoms with Crippen LogP contribution in [0.5, 0.6) is 0 Å². The van der Waals surface area contributed by atoms with Crippen molar-refractivity contribution in [1.82, 2.24) is 4.72 Å². The topological polar surface area (TPSA) is 127 Å². The summed E-state index contributed by atoms with van der Waals surface area (Å²) >= 11 is 0. The van der Waals surface area contributed by atoms with Crippen LogP contribution in [-0.2, 0) is 14.8 Å². The summed E-state index contributed by atoms with van der Waals surface area (Å²) in [6, 6.07) is 2.35. The summed E-state index contributed by atoms with van der Waals surface area (Å²) < 4.78 is 26.5. The van der Waals surface area contributed by atoms with Gasteiger partial charge in [-0.3, -0.25) is 14.9 Å². The molecule has 114 valence electrons. The molecule has 1 aromatic rings. The highest BCUT2D eigenvalue weighted by molar-refractivity contribution is 7.89. The zero-order valence-electron chi connectivity index (χ0n) is 11.1. The Bertz CT molecular complexity index is 683. The van der Waals surface area contributed by atoms with E-state index in [0.29, 0.717) is 0 Å². The molecule has 9 heteroatoms. The van der Waals surface area contributed by atoms with Crippen LogP contribution in [0.1, 0.15) is 12.0 Å². The minimum absolute atomic E-state index is 0.145. The molecule has 8 nitrogen and oxygen atoms in total. The lowest BCUT2D eigenvalue weighted by molar-refractivity contribution is -0.387. The number of aryl methyl sites for hydroxylation is 1. The van der Waals surface area contributed by atoms with Crippen LogP contribution in [0.15, 0.2) is 35.7 Å². The Kier molecular flexibility index (Phi) is 5.17. The summed E-state index contributed by atoms with van der Waals surface area (Å²) in [7, 11) is -4.35. The van der Waals surface area contributed by atoms with E-state index in [1.54, 1.807) is 0 Å². The van der Waals surface area contributed by atoms with Crippen LogP contribution in [0.3, 0.4) is 0 Å². The average Bonchev–Trinajstić information content (AvgIpc) is 2.37. The molecule has 0 saturated carbocycles. The van der Waals surface area contributed by atoms with Crippen LogP contribution in [0.25, 0.3) is 0 Å².